The highest BCUT2D eigenvalue weighted by Gasteiger charge is 2.18. The average molecular weight is 271 g/mol. The summed E-state index contributed by atoms with van der Waals surface area (Å²) in [6, 6.07) is 6.99. The predicted molar refractivity (Wildman–Crippen MR) is 72.0 cm³/mol. The van der Waals surface area contributed by atoms with Crippen molar-refractivity contribution in [1.82, 2.24) is 0 Å². The number of hydrogen-bond acceptors (Lipinski definition) is 2. The van der Waals surface area contributed by atoms with E-state index in [-0.39, 0.29) is 6.61 Å². The molecule has 0 amide bonds. The van der Waals surface area contributed by atoms with E-state index in [1.807, 2.05) is 0 Å². The van der Waals surface area contributed by atoms with Crippen LogP contribution in [0.25, 0.3) is 0 Å². The lowest BCUT2D eigenvalue weighted by atomic mass is 9.93. The van der Waals surface area contributed by atoms with Crippen molar-refractivity contribution in [3.63, 3.8) is 0 Å². The number of carboxylic acids is 1. The van der Waals surface area contributed by atoms with Crippen molar-refractivity contribution < 1.29 is 15.0 Å². The Bertz CT molecular complexity index is 362. The fourth-order valence-electron chi connectivity index (χ4n) is 1.94. The smallest absolute Gasteiger partial charge is 0.310 e. The number of benzene rings is 1. The third-order valence-electron chi connectivity index (χ3n) is 2.97. The van der Waals surface area contributed by atoms with Crippen LogP contribution in [-0.2, 0) is 4.79 Å². The molecule has 1 aromatic rings. The Morgan fingerprint density at radius 2 is 1.72 bits per heavy atom. The minimum atomic E-state index is -0.792. The highest BCUT2D eigenvalue weighted by atomic mass is 35.5. The van der Waals surface area contributed by atoms with Gasteiger partial charge in [0.15, 0.2) is 0 Å². The van der Waals surface area contributed by atoms with Gasteiger partial charge in [0.2, 0.25) is 0 Å². The summed E-state index contributed by atoms with van der Waals surface area (Å²) < 4.78 is 0. The minimum Gasteiger partial charge on any atom is -0.481 e. The van der Waals surface area contributed by atoms with Crippen LogP contribution >= 0.6 is 11.6 Å². The molecular formula is C14H19ClO3. The summed E-state index contributed by atoms with van der Waals surface area (Å²) in [6.07, 6.45) is 4.18. The second-order valence-electron chi connectivity index (χ2n) is 4.37. The summed E-state index contributed by atoms with van der Waals surface area (Å²) in [5, 5.41) is 18.5. The molecule has 0 heterocycles. The fraction of sp³-hybridized carbons (Fsp3) is 0.500. The quantitative estimate of drug-likeness (QED) is 0.712. The molecule has 0 radical (unpaired) electrons. The molecule has 4 heteroatoms. The highest BCUT2D eigenvalue weighted by molar-refractivity contribution is 6.30. The molecule has 0 bridgehead atoms. The van der Waals surface area contributed by atoms with E-state index in [1.54, 1.807) is 24.3 Å². The Hall–Kier alpha value is -1.06. The molecule has 1 unspecified atom stereocenters. The number of unbranched alkanes of at least 4 members (excludes halogenated alkanes) is 3. The number of halogens is 1. The van der Waals surface area contributed by atoms with Gasteiger partial charge in [0.1, 0.15) is 0 Å². The molecule has 3 nitrogen and oxygen atoms in total. The van der Waals surface area contributed by atoms with Crippen LogP contribution in [0.3, 0.4) is 0 Å². The van der Waals surface area contributed by atoms with E-state index in [9.17, 15) is 9.90 Å². The van der Waals surface area contributed by atoms with Gasteiger partial charge in [-0.3, -0.25) is 4.79 Å². The standard InChI is InChI=1S/C14H19ClO3/c15-12-8-6-11(7-9-12)13(14(17)18)5-3-1-2-4-10-16/h6-9,13,16H,1-5,10H2,(H,17,18). The number of aliphatic hydroxyl groups excluding tert-OH is 1. The van der Waals surface area contributed by atoms with Crippen LogP contribution in [0.2, 0.25) is 5.02 Å². The number of aliphatic carboxylic acids is 1. The molecule has 18 heavy (non-hydrogen) atoms. The van der Waals surface area contributed by atoms with E-state index >= 15 is 0 Å². The van der Waals surface area contributed by atoms with Gasteiger partial charge < -0.3 is 10.2 Å². The number of carbonyl (C=O) groups is 1. The van der Waals surface area contributed by atoms with Crippen molar-refractivity contribution in [2.45, 2.75) is 38.0 Å². The van der Waals surface area contributed by atoms with Gasteiger partial charge in [-0.2, -0.15) is 0 Å². The van der Waals surface area contributed by atoms with E-state index in [0.29, 0.717) is 11.4 Å². The average Bonchev–Trinajstić information content (AvgIpc) is 2.35. The predicted octanol–water partition coefficient (Wildman–Crippen LogP) is 3.45. The Morgan fingerprint density at radius 1 is 1.11 bits per heavy atom. The van der Waals surface area contributed by atoms with Crippen LogP contribution in [0.1, 0.15) is 43.6 Å². The van der Waals surface area contributed by atoms with Crippen LogP contribution in [0.15, 0.2) is 24.3 Å². The van der Waals surface area contributed by atoms with Gasteiger partial charge in [0, 0.05) is 11.6 Å². The second-order valence-corrected chi connectivity index (χ2v) is 4.81. The summed E-state index contributed by atoms with van der Waals surface area (Å²) in [7, 11) is 0. The lowest BCUT2D eigenvalue weighted by Crippen LogP contribution is -2.11. The lowest BCUT2D eigenvalue weighted by molar-refractivity contribution is -0.139. The Kier molecular flexibility index (Phi) is 6.76. The molecule has 100 valence electrons. The molecule has 0 aliphatic carbocycles. The van der Waals surface area contributed by atoms with E-state index < -0.39 is 11.9 Å². The maximum absolute atomic E-state index is 11.2. The van der Waals surface area contributed by atoms with Gasteiger partial charge >= 0.3 is 5.97 Å². The first-order chi connectivity index (χ1) is 8.65. The molecule has 2 N–H and O–H groups in total. The van der Waals surface area contributed by atoms with Crippen LogP contribution in [0.4, 0.5) is 0 Å². The molecule has 0 fully saturated rings. The van der Waals surface area contributed by atoms with Crippen molar-refractivity contribution in [2.75, 3.05) is 6.61 Å². The summed E-state index contributed by atoms with van der Waals surface area (Å²) in [5.41, 5.74) is 0.800. The summed E-state index contributed by atoms with van der Waals surface area (Å²) in [6.45, 7) is 0.208. The Morgan fingerprint density at radius 3 is 2.28 bits per heavy atom. The van der Waals surface area contributed by atoms with Crippen molar-refractivity contribution in [3.8, 4) is 0 Å². The largest absolute Gasteiger partial charge is 0.481 e. The Balaban J connectivity index is 2.50. The van der Waals surface area contributed by atoms with Crippen molar-refractivity contribution in [3.05, 3.63) is 34.9 Å². The van der Waals surface area contributed by atoms with E-state index in [2.05, 4.69) is 0 Å². The van der Waals surface area contributed by atoms with Crippen molar-refractivity contribution >= 4 is 17.6 Å². The summed E-state index contributed by atoms with van der Waals surface area (Å²) in [4.78, 5) is 11.2. The molecule has 0 saturated heterocycles. The molecule has 0 aliphatic rings. The van der Waals surface area contributed by atoms with E-state index in [1.165, 1.54) is 0 Å². The molecular weight excluding hydrogens is 252 g/mol. The van der Waals surface area contributed by atoms with Crippen molar-refractivity contribution in [2.24, 2.45) is 0 Å². The number of rotatable bonds is 8. The van der Waals surface area contributed by atoms with E-state index in [4.69, 9.17) is 16.7 Å². The third-order valence-corrected chi connectivity index (χ3v) is 3.22. The number of aliphatic hydroxyl groups is 1. The monoisotopic (exact) mass is 270 g/mol. The van der Waals surface area contributed by atoms with Gasteiger partial charge in [-0.25, -0.2) is 0 Å². The number of hydrogen-bond donors (Lipinski definition) is 2. The third kappa shape index (κ3) is 5.07. The Labute approximate surface area is 112 Å². The van der Waals surface area contributed by atoms with Crippen LogP contribution in [0.5, 0.6) is 0 Å². The summed E-state index contributed by atoms with van der Waals surface area (Å²) in [5.74, 6) is -1.25. The maximum atomic E-state index is 11.2. The molecule has 0 aliphatic heterocycles. The van der Waals surface area contributed by atoms with Gasteiger partial charge in [-0.15, -0.1) is 0 Å². The normalized spacial score (nSPS) is 12.3. The molecule has 0 aromatic heterocycles. The molecule has 1 aromatic carbocycles. The van der Waals surface area contributed by atoms with Crippen LogP contribution < -0.4 is 0 Å². The fourth-order valence-corrected chi connectivity index (χ4v) is 2.07. The van der Waals surface area contributed by atoms with Gasteiger partial charge in [0.25, 0.3) is 0 Å². The topological polar surface area (TPSA) is 57.5 Å². The number of carboxylic acid groups (broad SMARTS) is 1. The second kappa shape index (κ2) is 8.11. The van der Waals surface area contributed by atoms with Crippen LogP contribution in [-0.4, -0.2) is 22.8 Å². The SMILES string of the molecule is O=C(O)C(CCCCCCO)c1ccc(Cl)cc1. The first kappa shape index (κ1) is 15.0. The first-order valence-electron chi connectivity index (χ1n) is 6.24. The van der Waals surface area contributed by atoms with Gasteiger partial charge in [-0.1, -0.05) is 43.0 Å². The zero-order chi connectivity index (χ0) is 13.4. The van der Waals surface area contributed by atoms with Gasteiger partial charge in [0.05, 0.1) is 5.92 Å². The van der Waals surface area contributed by atoms with E-state index in [0.717, 1.165) is 31.2 Å². The van der Waals surface area contributed by atoms with Crippen LogP contribution in [0, 0.1) is 0 Å². The molecule has 1 rings (SSSR count). The minimum absolute atomic E-state index is 0.208. The first-order valence-corrected chi connectivity index (χ1v) is 6.62. The molecule has 1 atom stereocenters. The molecule has 0 saturated carbocycles. The zero-order valence-corrected chi connectivity index (χ0v) is 11.1. The maximum Gasteiger partial charge on any atom is 0.310 e. The lowest BCUT2D eigenvalue weighted by Gasteiger charge is -2.12. The highest BCUT2D eigenvalue weighted by Crippen LogP contribution is 2.24. The summed E-state index contributed by atoms with van der Waals surface area (Å²) >= 11 is 5.79. The van der Waals surface area contributed by atoms with Crippen molar-refractivity contribution in [1.29, 1.82) is 0 Å². The van der Waals surface area contributed by atoms with Gasteiger partial charge in [-0.05, 0) is 30.5 Å². The zero-order valence-electron chi connectivity index (χ0n) is 10.3. The molecule has 0 spiro atoms.